The average Bonchev–Trinajstić information content (AvgIpc) is 3.41. The molecular weight excluding hydrogens is 410 g/mol. The number of anilines is 1. The average molecular weight is 435 g/mol. The lowest BCUT2D eigenvalue weighted by Gasteiger charge is -2.21. The van der Waals surface area contributed by atoms with Crippen molar-refractivity contribution in [1.82, 2.24) is 10.3 Å². The molecule has 32 heavy (non-hydrogen) atoms. The highest BCUT2D eigenvalue weighted by molar-refractivity contribution is 6.01. The molecule has 2 N–H and O–H groups in total. The van der Waals surface area contributed by atoms with E-state index in [1.807, 2.05) is 42.6 Å². The number of carbonyl (C=O) groups excluding carboxylic acids is 3. The van der Waals surface area contributed by atoms with Gasteiger partial charge in [0.15, 0.2) is 0 Å². The highest BCUT2D eigenvalue weighted by Gasteiger charge is 2.37. The predicted molar refractivity (Wildman–Crippen MR) is 119 cm³/mol. The maximum atomic E-state index is 13.0. The maximum Gasteiger partial charge on any atom is 0.328 e. The number of aromatic amines is 1. The summed E-state index contributed by atoms with van der Waals surface area (Å²) in [5, 5.41) is 3.78. The standard InChI is InChI=1S/C24H25N3O5/c1-31-21-10-6-5-9-20(21)27-14-16(12-22(27)28)23(29)26-19(24(30)32-2)11-15-13-25-18-8-4-3-7-17(15)18/h3-10,13,16,19,25H,11-12,14H2,1-2H3,(H,26,29)/t16-,19-/m1/s1. The Hall–Kier alpha value is -3.81. The lowest BCUT2D eigenvalue weighted by Crippen LogP contribution is -2.46. The number of rotatable bonds is 7. The van der Waals surface area contributed by atoms with Crippen LogP contribution in [0.1, 0.15) is 12.0 Å². The van der Waals surface area contributed by atoms with Gasteiger partial charge in [-0.05, 0) is 23.8 Å². The molecule has 1 aliphatic rings. The molecule has 2 atom stereocenters. The summed E-state index contributed by atoms with van der Waals surface area (Å²) < 4.78 is 10.3. The lowest BCUT2D eigenvalue weighted by atomic mass is 10.0. The second-order valence-corrected chi connectivity index (χ2v) is 7.73. The number of hydrogen-bond donors (Lipinski definition) is 2. The zero-order valence-corrected chi connectivity index (χ0v) is 18.0. The molecule has 0 unspecified atom stereocenters. The molecule has 8 heteroatoms. The Morgan fingerprint density at radius 1 is 1.16 bits per heavy atom. The van der Waals surface area contributed by atoms with Crippen LogP contribution in [-0.4, -0.2) is 49.6 Å². The van der Waals surface area contributed by atoms with Gasteiger partial charge in [-0.15, -0.1) is 0 Å². The van der Waals surface area contributed by atoms with E-state index in [2.05, 4.69) is 10.3 Å². The molecule has 2 amide bonds. The lowest BCUT2D eigenvalue weighted by molar-refractivity contribution is -0.145. The molecule has 2 aromatic carbocycles. The van der Waals surface area contributed by atoms with Crippen LogP contribution in [0.3, 0.4) is 0 Å². The van der Waals surface area contributed by atoms with Gasteiger partial charge in [-0.2, -0.15) is 0 Å². The number of esters is 1. The molecule has 1 aliphatic heterocycles. The second kappa shape index (κ2) is 9.13. The van der Waals surface area contributed by atoms with Crippen molar-refractivity contribution >= 4 is 34.4 Å². The van der Waals surface area contributed by atoms with Gasteiger partial charge in [0, 0.05) is 36.5 Å². The minimum Gasteiger partial charge on any atom is -0.495 e. The molecule has 4 rings (SSSR count). The van der Waals surface area contributed by atoms with Gasteiger partial charge in [0.2, 0.25) is 11.8 Å². The summed E-state index contributed by atoms with van der Waals surface area (Å²) in [5.74, 6) is -1.07. The van der Waals surface area contributed by atoms with E-state index < -0.39 is 17.9 Å². The van der Waals surface area contributed by atoms with Gasteiger partial charge in [0.05, 0.1) is 25.8 Å². The zero-order chi connectivity index (χ0) is 22.7. The zero-order valence-electron chi connectivity index (χ0n) is 18.0. The molecule has 1 saturated heterocycles. The number of nitrogens with one attached hydrogen (secondary N) is 2. The Kier molecular flexibility index (Phi) is 6.11. The van der Waals surface area contributed by atoms with E-state index in [0.29, 0.717) is 11.4 Å². The molecule has 166 valence electrons. The molecule has 3 aromatic rings. The Morgan fingerprint density at radius 3 is 2.69 bits per heavy atom. The number of aromatic nitrogens is 1. The van der Waals surface area contributed by atoms with Crippen molar-refractivity contribution in [3.05, 3.63) is 60.3 Å². The number of benzene rings is 2. The van der Waals surface area contributed by atoms with Crippen LogP contribution in [0.15, 0.2) is 54.7 Å². The van der Waals surface area contributed by atoms with Crippen LogP contribution in [0.2, 0.25) is 0 Å². The van der Waals surface area contributed by atoms with E-state index in [1.165, 1.54) is 14.2 Å². The molecule has 0 bridgehead atoms. The van der Waals surface area contributed by atoms with Crippen LogP contribution in [-0.2, 0) is 25.5 Å². The predicted octanol–water partition coefficient (Wildman–Crippen LogP) is 2.43. The molecule has 0 aliphatic carbocycles. The first kappa shape index (κ1) is 21.4. The fraction of sp³-hybridized carbons (Fsp3) is 0.292. The van der Waals surface area contributed by atoms with Gasteiger partial charge in [0.1, 0.15) is 11.8 Å². The van der Waals surface area contributed by atoms with Gasteiger partial charge in [-0.25, -0.2) is 4.79 Å². The summed E-state index contributed by atoms with van der Waals surface area (Å²) in [4.78, 5) is 42.8. The molecule has 2 heterocycles. The van der Waals surface area contributed by atoms with Crippen LogP contribution < -0.4 is 15.0 Å². The van der Waals surface area contributed by atoms with Crippen molar-refractivity contribution in [2.45, 2.75) is 18.9 Å². The van der Waals surface area contributed by atoms with Crippen molar-refractivity contribution < 1.29 is 23.9 Å². The summed E-state index contributed by atoms with van der Waals surface area (Å²) >= 11 is 0. The van der Waals surface area contributed by atoms with E-state index in [4.69, 9.17) is 9.47 Å². The maximum absolute atomic E-state index is 13.0. The summed E-state index contributed by atoms with van der Waals surface area (Å²) in [6, 6.07) is 14.1. The van der Waals surface area contributed by atoms with Gasteiger partial charge < -0.3 is 24.7 Å². The topological polar surface area (TPSA) is 101 Å². The van der Waals surface area contributed by atoms with Crippen LogP contribution in [0.5, 0.6) is 5.75 Å². The second-order valence-electron chi connectivity index (χ2n) is 7.73. The van der Waals surface area contributed by atoms with Crippen molar-refractivity contribution in [1.29, 1.82) is 0 Å². The van der Waals surface area contributed by atoms with Crippen LogP contribution in [0, 0.1) is 5.92 Å². The highest BCUT2D eigenvalue weighted by Crippen LogP contribution is 2.33. The third kappa shape index (κ3) is 4.16. The summed E-state index contributed by atoms with van der Waals surface area (Å²) in [6.07, 6.45) is 2.17. The Morgan fingerprint density at radius 2 is 1.91 bits per heavy atom. The first-order valence-electron chi connectivity index (χ1n) is 10.4. The normalized spacial score (nSPS) is 16.8. The monoisotopic (exact) mass is 435 g/mol. The molecule has 0 saturated carbocycles. The summed E-state index contributed by atoms with van der Waals surface area (Å²) in [5.41, 5.74) is 2.47. The van der Waals surface area contributed by atoms with Crippen LogP contribution >= 0.6 is 0 Å². The summed E-state index contributed by atoms with van der Waals surface area (Å²) in [7, 11) is 2.83. The fourth-order valence-electron chi connectivity index (χ4n) is 4.11. The SMILES string of the molecule is COC(=O)[C@@H](Cc1c[nH]c2ccccc12)NC(=O)[C@@H]1CC(=O)N(c2ccccc2OC)C1. The number of carbonyl (C=O) groups is 3. The number of para-hydroxylation sites is 3. The number of amides is 2. The molecular formula is C24H25N3O5. The van der Waals surface area contributed by atoms with Gasteiger partial charge in [0.25, 0.3) is 0 Å². The number of H-pyrrole nitrogens is 1. The number of nitrogens with zero attached hydrogens (tertiary/aromatic N) is 1. The Labute approximate surface area is 185 Å². The number of methoxy groups -OCH3 is 2. The largest absolute Gasteiger partial charge is 0.495 e. The Bertz CT molecular complexity index is 1160. The smallest absolute Gasteiger partial charge is 0.328 e. The number of ether oxygens (including phenoxy) is 2. The van der Waals surface area contributed by atoms with Crippen molar-refractivity contribution in [2.24, 2.45) is 5.92 Å². The third-order valence-corrected chi connectivity index (χ3v) is 5.77. The Balaban J connectivity index is 1.49. The first-order chi connectivity index (χ1) is 15.5. The number of hydrogen-bond acceptors (Lipinski definition) is 5. The minimum absolute atomic E-state index is 0.0604. The minimum atomic E-state index is -0.859. The van der Waals surface area contributed by atoms with Gasteiger partial charge in [-0.1, -0.05) is 30.3 Å². The molecule has 0 spiro atoms. The van der Waals surface area contributed by atoms with Crippen molar-refractivity contribution in [3.63, 3.8) is 0 Å². The van der Waals surface area contributed by atoms with E-state index in [0.717, 1.165) is 16.5 Å². The van der Waals surface area contributed by atoms with Crippen molar-refractivity contribution in [3.8, 4) is 5.75 Å². The molecule has 1 aromatic heterocycles. The van der Waals surface area contributed by atoms with Gasteiger partial charge in [-0.3, -0.25) is 9.59 Å². The number of fused-ring (bicyclic) bond motifs is 1. The van der Waals surface area contributed by atoms with E-state index >= 15 is 0 Å². The molecule has 1 fully saturated rings. The molecule has 8 nitrogen and oxygen atoms in total. The van der Waals surface area contributed by atoms with Crippen molar-refractivity contribution in [2.75, 3.05) is 25.7 Å². The fourth-order valence-corrected chi connectivity index (χ4v) is 4.11. The van der Waals surface area contributed by atoms with E-state index in [9.17, 15) is 14.4 Å². The quantitative estimate of drug-likeness (QED) is 0.555. The van der Waals surface area contributed by atoms with E-state index in [-0.39, 0.29) is 31.2 Å². The van der Waals surface area contributed by atoms with Gasteiger partial charge >= 0.3 is 5.97 Å². The van der Waals surface area contributed by atoms with E-state index in [1.54, 1.807) is 17.0 Å². The van der Waals surface area contributed by atoms with Crippen LogP contribution in [0.4, 0.5) is 5.69 Å². The first-order valence-corrected chi connectivity index (χ1v) is 10.4. The molecule has 0 radical (unpaired) electrons. The third-order valence-electron chi connectivity index (χ3n) is 5.77. The summed E-state index contributed by atoms with van der Waals surface area (Å²) in [6.45, 7) is 0.214. The highest BCUT2D eigenvalue weighted by atomic mass is 16.5. The van der Waals surface area contributed by atoms with Crippen LogP contribution in [0.25, 0.3) is 10.9 Å².